The molecule has 1 N–H and O–H groups in total. The summed E-state index contributed by atoms with van der Waals surface area (Å²) in [4.78, 5) is 2.65. The largest absolute Gasteiger partial charge is 0.317 e. The van der Waals surface area contributed by atoms with Crippen LogP contribution in [0.2, 0.25) is 0 Å². The third-order valence-electron chi connectivity index (χ3n) is 3.37. The van der Waals surface area contributed by atoms with Gasteiger partial charge in [-0.1, -0.05) is 6.92 Å². The number of nitrogens with one attached hydrogen (secondary N) is 1. The Bertz CT molecular complexity index is 134. The van der Waals surface area contributed by atoms with Gasteiger partial charge in [-0.25, -0.2) is 0 Å². The normalized spacial score (nSPS) is 43.6. The summed E-state index contributed by atoms with van der Waals surface area (Å²) < 4.78 is 0. The minimum atomic E-state index is 0.807. The topological polar surface area (TPSA) is 15.3 Å². The summed E-state index contributed by atoms with van der Waals surface area (Å²) in [5, 5.41) is 3.38. The van der Waals surface area contributed by atoms with Gasteiger partial charge in [-0.05, 0) is 32.9 Å². The van der Waals surface area contributed by atoms with Crippen molar-refractivity contribution in [3.63, 3.8) is 0 Å². The highest BCUT2D eigenvalue weighted by Crippen LogP contribution is 2.37. The molecule has 2 nitrogen and oxygen atoms in total. The molecule has 0 aromatic heterocycles. The van der Waals surface area contributed by atoms with Crippen molar-refractivity contribution in [1.82, 2.24) is 10.2 Å². The Morgan fingerprint density at radius 1 is 1.27 bits per heavy atom. The lowest BCUT2D eigenvalue weighted by Gasteiger charge is -2.55. The van der Waals surface area contributed by atoms with Gasteiger partial charge in [-0.15, -0.1) is 0 Å². The van der Waals surface area contributed by atoms with Crippen LogP contribution >= 0.6 is 0 Å². The molecule has 0 amide bonds. The van der Waals surface area contributed by atoms with Gasteiger partial charge in [-0.2, -0.15) is 0 Å². The first kappa shape index (κ1) is 7.56. The molecular weight excluding hydrogens is 136 g/mol. The Morgan fingerprint density at radius 2 is 1.91 bits per heavy atom. The van der Waals surface area contributed by atoms with Crippen molar-refractivity contribution in [2.45, 2.75) is 44.3 Å². The lowest BCUT2D eigenvalue weighted by Crippen LogP contribution is -2.63. The zero-order valence-corrected chi connectivity index (χ0v) is 7.51. The first-order valence-electron chi connectivity index (χ1n) is 4.78. The minimum absolute atomic E-state index is 0.807. The molecule has 1 saturated carbocycles. The highest BCUT2D eigenvalue weighted by Gasteiger charge is 2.43. The molecule has 2 bridgehead atoms. The monoisotopic (exact) mass is 154 g/mol. The molecule has 2 aliphatic heterocycles. The molecule has 0 aromatic rings. The van der Waals surface area contributed by atoms with Crippen LogP contribution in [0.5, 0.6) is 0 Å². The van der Waals surface area contributed by atoms with Crippen LogP contribution in [0.15, 0.2) is 0 Å². The van der Waals surface area contributed by atoms with Crippen LogP contribution in [0.25, 0.3) is 0 Å². The number of nitrogens with zero attached hydrogens (tertiary/aromatic N) is 1. The van der Waals surface area contributed by atoms with Crippen molar-refractivity contribution in [3.05, 3.63) is 0 Å². The van der Waals surface area contributed by atoms with E-state index in [4.69, 9.17) is 0 Å². The highest BCUT2D eigenvalue weighted by molar-refractivity contribution is 5.01. The molecule has 0 radical (unpaired) electrons. The molecule has 3 atom stereocenters. The van der Waals surface area contributed by atoms with E-state index in [-0.39, 0.29) is 0 Å². The summed E-state index contributed by atoms with van der Waals surface area (Å²) in [6.45, 7) is 3.53. The average Bonchev–Trinajstić information content (AvgIpc) is 2.05. The molecule has 2 saturated heterocycles. The summed E-state index contributed by atoms with van der Waals surface area (Å²) in [7, 11) is 2.09. The lowest BCUT2D eigenvalue weighted by atomic mass is 9.77. The third kappa shape index (κ3) is 1.09. The van der Waals surface area contributed by atoms with Gasteiger partial charge in [0.25, 0.3) is 0 Å². The van der Waals surface area contributed by atoms with Gasteiger partial charge in [-0.3, -0.25) is 4.90 Å². The Hall–Kier alpha value is -0.0800. The molecule has 2 heteroatoms. The van der Waals surface area contributed by atoms with E-state index in [0.29, 0.717) is 0 Å². The fourth-order valence-corrected chi connectivity index (χ4v) is 2.71. The van der Waals surface area contributed by atoms with Crippen molar-refractivity contribution in [3.8, 4) is 0 Å². The third-order valence-corrected chi connectivity index (χ3v) is 3.37. The van der Waals surface area contributed by atoms with E-state index in [9.17, 15) is 0 Å². The second-order valence-electron chi connectivity index (χ2n) is 3.83. The fourth-order valence-electron chi connectivity index (χ4n) is 2.71. The van der Waals surface area contributed by atoms with E-state index in [1.807, 2.05) is 0 Å². The highest BCUT2D eigenvalue weighted by atomic mass is 15.3. The van der Waals surface area contributed by atoms with Gasteiger partial charge in [0, 0.05) is 18.1 Å². The molecule has 0 spiro atoms. The zero-order valence-electron chi connectivity index (χ0n) is 7.51. The Labute approximate surface area is 69.0 Å². The first-order chi connectivity index (χ1) is 5.35. The average molecular weight is 154 g/mol. The van der Waals surface area contributed by atoms with Crippen molar-refractivity contribution >= 4 is 0 Å². The summed E-state index contributed by atoms with van der Waals surface area (Å²) >= 11 is 0. The second-order valence-corrected chi connectivity index (χ2v) is 3.83. The number of fused-ring (bicyclic) bond motifs is 2. The van der Waals surface area contributed by atoms with Crippen molar-refractivity contribution in [2.75, 3.05) is 13.6 Å². The van der Waals surface area contributed by atoms with Gasteiger partial charge >= 0.3 is 0 Å². The van der Waals surface area contributed by atoms with Crippen molar-refractivity contribution in [1.29, 1.82) is 0 Å². The van der Waals surface area contributed by atoms with Crippen molar-refractivity contribution in [2.24, 2.45) is 0 Å². The molecule has 3 rings (SSSR count). The predicted octanol–water partition coefficient (Wildman–Crippen LogP) is 0.831. The van der Waals surface area contributed by atoms with Crippen LogP contribution in [0, 0.1) is 0 Å². The van der Waals surface area contributed by atoms with Crippen LogP contribution < -0.4 is 5.32 Å². The van der Waals surface area contributed by atoms with E-state index in [1.54, 1.807) is 0 Å². The number of hydrogen-bond acceptors (Lipinski definition) is 2. The number of hydrogen-bond donors (Lipinski definition) is 1. The molecule has 3 aliphatic rings. The number of rotatable bonds is 2. The van der Waals surface area contributed by atoms with E-state index in [1.165, 1.54) is 25.8 Å². The zero-order chi connectivity index (χ0) is 7.84. The molecule has 0 aromatic carbocycles. The van der Waals surface area contributed by atoms with E-state index >= 15 is 0 Å². The lowest BCUT2D eigenvalue weighted by molar-refractivity contribution is -0.0353. The van der Waals surface area contributed by atoms with Gasteiger partial charge in [0.2, 0.25) is 0 Å². The van der Waals surface area contributed by atoms with Gasteiger partial charge in [0.05, 0.1) is 0 Å². The van der Waals surface area contributed by atoms with Gasteiger partial charge < -0.3 is 5.32 Å². The standard InChI is InChI=1S/C9H18N2/c1-3-11-8-4-7(10-2)5-9(11)6-8/h7-10H,3-6H2,1-2H3/t7?,8-,9+. The van der Waals surface area contributed by atoms with Crippen LogP contribution in [0.3, 0.4) is 0 Å². The Morgan fingerprint density at radius 3 is 2.36 bits per heavy atom. The molecule has 11 heavy (non-hydrogen) atoms. The van der Waals surface area contributed by atoms with Gasteiger partial charge in [0.1, 0.15) is 0 Å². The van der Waals surface area contributed by atoms with Crippen LogP contribution in [-0.2, 0) is 0 Å². The summed E-state index contributed by atoms with van der Waals surface area (Å²) in [5.41, 5.74) is 0. The van der Waals surface area contributed by atoms with Crippen LogP contribution in [-0.4, -0.2) is 36.6 Å². The quantitative estimate of drug-likeness (QED) is 0.634. The molecular formula is C9H18N2. The van der Waals surface area contributed by atoms with E-state index < -0.39 is 0 Å². The summed E-state index contributed by atoms with van der Waals surface area (Å²) in [6, 6.07) is 2.63. The van der Waals surface area contributed by atoms with E-state index in [2.05, 4.69) is 24.2 Å². The number of piperidine rings is 1. The SMILES string of the molecule is CCN1[C@@H]2CC(NC)C[C@H]1C2. The smallest absolute Gasteiger partial charge is 0.0128 e. The fraction of sp³-hybridized carbons (Fsp3) is 1.00. The summed E-state index contributed by atoms with van der Waals surface area (Å²) in [5.74, 6) is 0. The molecule has 1 aliphatic carbocycles. The maximum atomic E-state index is 3.38. The Kier molecular flexibility index (Phi) is 1.90. The second kappa shape index (κ2) is 2.76. The molecule has 1 unspecified atom stereocenters. The maximum Gasteiger partial charge on any atom is 0.0128 e. The predicted molar refractivity (Wildman–Crippen MR) is 46.7 cm³/mol. The molecule has 2 heterocycles. The Balaban J connectivity index is 1.91. The van der Waals surface area contributed by atoms with Crippen LogP contribution in [0.4, 0.5) is 0 Å². The summed E-state index contributed by atoms with van der Waals surface area (Å²) in [6.07, 6.45) is 4.22. The molecule has 3 fully saturated rings. The van der Waals surface area contributed by atoms with Crippen LogP contribution in [0.1, 0.15) is 26.2 Å². The first-order valence-corrected chi connectivity index (χ1v) is 4.78. The molecule has 64 valence electrons. The van der Waals surface area contributed by atoms with Crippen molar-refractivity contribution < 1.29 is 0 Å². The minimum Gasteiger partial charge on any atom is -0.317 e. The van der Waals surface area contributed by atoms with E-state index in [0.717, 1.165) is 18.1 Å². The maximum absolute atomic E-state index is 3.38. The van der Waals surface area contributed by atoms with Gasteiger partial charge in [0.15, 0.2) is 0 Å².